The quantitative estimate of drug-likeness (QED) is 0.827. The number of nitrogens with zero attached hydrogens (tertiary/aromatic N) is 3. The molecule has 27 heavy (non-hydrogen) atoms. The van der Waals surface area contributed by atoms with E-state index in [-0.39, 0.29) is 25.0 Å². The lowest BCUT2D eigenvalue weighted by Crippen LogP contribution is -2.30. The number of amides is 2. The first-order valence-corrected chi connectivity index (χ1v) is 9.16. The number of aromatic nitrogens is 2. The van der Waals surface area contributed by atoms with Gasteiger partial charge < -0.3 is 24.4 Å². The Hall–Kier alpha value is -2.72. The van der Waals surface area contributed by atoms with Gasteiger partial charge in [-0.25, -0.2) is 0 Å². The molecule has 142 valence electrons. The van der Waals surface area contributed by atoms with Crippen molar-refractivity contribution >= 4 is 28.3 Å². The van der Waals surface area contributed by atoms with E-state index >= 15 is 0 Å². The fourth-order valence-corrected chi connectivity index (χ4v) is 4.06. The second-order valence-electron chi connectivity index (χ2n) is 6.30. The molecule has 2 aromatic rings. The molecule has 0 radical (unpaired) electrons. The van der Waals surface area contributed by atoms with E-state index in [1.54, 1.807) is 25.1 Å². The molecule has 2 aliphatic heterocycles. The zero-order valence-electron chi connectivity index (χ0n) is 14.8. The molecule has 0 aliphatic carbocycles. The molecule has 0 unspecified atom stereocenters. The van der Waals surface area contributed by atoms with Crippen molar-refractivity contribution in [3.8, 4) is 11.5 Å². The SMILES string of the molecule is COCc1nnc(NC(=O)[C@H]2CC(=O)N(C)[C@@H]2c2ccc3c(c2)OCO3)s1. The molecule has 1 aromatic heterocycles. The van der Waals surface area contributed by atoms with Gasteiger partial charge in [0.05, 0.1) is 12.0 Å². The van der Waals surface area contributed by atoms with E-state index in [0.29, 0.717) is 28.2 Å². The van der Waals surface area contributed by atoms with Gasteiger partial charge in [0.25, 0.3) is 0 Å². The summed E-state index contributed by atoms with van der Waals surface area (Å²) in [7, 11) is 3.27. The number of carbonyl (C=O) groups excluding carboxylic acids is 2. The number of methoxy groups -OCH3 is 1. The third-order valence-corrected chi connectivity index (χ3v) is 5.44. The summed E-state index contributed by atoms with van der Waals surface area (Å²) in [5.74, 6) is 0.377. The monoisotopic (exact) mass is 390 g/mol. The number of anilines is 1. The van der Waals surface area contributed by atoms with Crippen LogP contribution in [0.2, 0.25) is 0 Å². The first-order chi connectivity index (χ1) is 13.1. The second kappa shape index (κ2) is 7.12. The third-order valence-electron chi connectivity index (χ3n) is 4.63. The largest absolute Gasteiger partial charge is 0.454 e. The number of rotatable bonds is 5. The molecule has 1 saturated heterocycles. The maximum atomic E-state index is 12.9. The molecule has 0 bridgehead atoms. The van der Waals surface area contributed by atoms with Crippen molar-refractivity contribution in [1.29, 1.82) is 0 Å². The van der Waals surface area contributed by atoms with Gasteiger partial charge in [-0.05, 0) is 17.7 Å². The fraction of sp³-hybridized carbons (Fsp3) is 0.412. The smallest absolute Gasteiger partial charge is 0.232 e. The first kappa shape index (κ1) is 17.7. The Bertz CT molecular complexity index is 886. The predicted octanol–water partition coefficient (Wildman–Crippen LogP) is 1.57. The number of nitrogens with one attached hydrogen (secondary N) is 1. The number of carbonyl (C=O) groups is 2. The van der Waals surface area contributed by atoms with Gasteiger partial charge in [-0.15, -0.1) is 10.2 Å². The highest BCUT2D eigenvalue weighted by molar-refractivity contribution is 7.15. The summed E-state index contributed by atoms with van der Waals surface area (Å²) in [6.07, 6.45) is 0.130. The lowest BCUT2D eigenvalue weighted by Gasteiger charge is -2.24. The molecule has 10 heteroatoms. The molecule has 1 fully saturated rings. The Morgan fingerprint density at radius 3 is 3.00 bits per heavy atom. The van der Waals surface area contributed by atoms with Crippen LogP contribution in [-0.4, -0.2) is 47.9 Å². The van der Waals surface area contributed by atoms with Gasteiger partial charge in [0.2, 0.25) is 23.7 Å². The Kier molecular flexibility index (Phi) is 4.66. The number of benzene rings is 1. The van der Waals surface area contributed by atoms with Crippen LogP contribution in [0.3, 0.4) is 0 Å². The predicted molar refractivity (Wildman–Crippen MR) is 95.4 cm³/mol. The number of hydrogen-bond donors (Lipinski definition) is 1. The maximum absolute atomic E-state index is 12.9. The van der Waals surface area contributed by atoms with Gasteiger partial charge in [-0.2, -0.15) is 0 Å². The van der Waals surface area contributed by atoms with E-state index in [1.165, 1.54) is 11.3 Å². The van der Waals surface area contributed by atoms with Gasteiger partial charge >= 0.3 is 0 Å². The van der Waals surface area contributed by atoms with E-state index in [1.807, 2.05) is 12.1 Å². The van der Waals surface area contributed by atoms with Crippen LogP contribution in [-0.2, 0) is 20.9 Å². The van der Waals surface area contributed by atoms with Crippen molar-refractivity contribution in [3.63, 3.8) is 0 Å². The van der Waals surface area contributed by atoms with Crippen LogP contribution < -0.4 is 14.8 Å². The van der Waals surface area contributed by atoms with Crippen LogP contribution >= 0.6 is 11.3 Å². The molecule has 1 aromatic carbocycles. The second-order valence-corrected chi connectivity index (χ2v) is 7.36. The summed E-state index contributed by atoms with van der Waals surface area (Å²) < 4.78 is 15.8. The minimum atomic E-state index is -0.544. The van der Waals surface area contributed by atoms with E-state index in [2.05, 4.69) is 15.5 Å². The number of hydrogen-bond acceptors (Lipinski definition) is 8. The van der Waals surface area contributed by atoms with Crippen molar-refractivity contribution in [3.05, 3.63) is 28.8 Å². The zero-order valence-corrected chi connectivity index (χ0v) is 15.6. The zero-order chi connectivity index (χ0) is 19.0. The minimum absolute atomic E-state index is 0.0878. The molecule has 2 aliphatic rings. The van der Waals surface area contributed by atoms with Crippen LogP contribution in [0.1, 0.15) is 23.0 Å². The summed E-state index contributed by atoms with van der Waals surface area (Å²) in [5, 5.41) is 11.7. The van der Waals surface area contributed by atoms with Crippen LogP contribution in [0.5, 0.6) is 11.5 Å². The van der Waals surface area contributed by atoms with Gasteiger partial charge in [0, 0.05) is 20.6 Å². The van der Waals surface area contributed by atoms with Crippen LogP contribution in [0.25, 0.3) is 0 Å². The first-order valence-electron chi connectivity index (χ1n) is 8.34. The summed E-state index contributed by atoms with van der Waals surface area (Å²) in [6.45, 7) is 0.501. The van der Waals surface area contributed by atoms with Crippen molar-refractivity contribution in [1.82, 2.24) is 15.1 Å². The lowest BCUT2D eigenvalue weighted by molar-refractivity contribution is -0.127. The van der Waals surface area contributed by atoms with E-state index in [4.69, 9.17) is 14.2 Å². The molecular weight excluding hydrogens is 372 g/mol. The lowest BCUT2D eigenvalue weighted by atomic mass is 9.92. The van der Waals surface area contributed by atoms with E-state index in [9.17, 15) is 9.59 Å². The highest BCUT2D eigenvalue weighted by Gasteiger charge is 2.43. The van der Waals surface area contributed by atoms with Gasteiger partial charge in [-0.3, -0.25) is 9.59 Å². The standard InChI is InChI=1S/C17H18N4O5S/c1-21-14(22)6-10(16(23)18-17-20-19-13(27-17)7-24-2)15(21)9-3-4-11-12(5-9)26-8-25-11/h3-5,10,15H,6-8H2,1-2H3,(H,18,20,23)/t10-,15+/m0/s1. The maximum Gasteiger partial charge on any atom is 0.232 e. The van der Waals surface area contributed by atoms with Gasteiger partial charge in [-0.1, -0.05) is 17.4 Å². The highest BCUT2D eigenvalue weighted by atomic mass is 32.1. The summed E-state index contributed by atoms with van der Waals surface area (Å²) >= 11 is 1.25. The van der Waals surface area contributed by atoms with E-state index in [0.717, 1.165) is 5.56 Å². The molecule has 3 heterocycles. The highest BCUT2D eigenvalue weighted by Crippen LogP contribution is 2.42. The molecule has 9 nitrogen and oxygen atoms in total. The number of ether oxygens (including phenoxy) is 3. The average Bonchev–Trinajstić information content (AvgIpc) is 3.35. The molecule has 1 N–H and O–H groups in total. The Morgan fingerprint density at radius 1 is 1.37 bits per heavy atom. The molecule has 0 saturated carbocycles. The summed E-state index contributed by atoms with van der Waals surface area (Å²) in [4.78, 5) is 26.7. The third kappa shape index (κ3) is 3.33. The summed E-state index contributed by atoms with van der Waals surface area (Å²) in [6, 6.07) is 5.09. The average molecular weight is 390 g/mol. The molecule has 2 amide bonds. The Morgan fingerprint density at radius 2 is 2.19 bits per heavy atom. The number of likely N-dealkylation sites (tertiary alicyclic amines) is 1. The minimum Gasteiger partial charge on any atom is -0.454 e. The molecule has 4 rings (SSSR count). The normalized spacial score (nSPS) is 21.0. The summed E-state index contributed by atoms with van der Waals surface area (Å²) in [5.41, 5.74) is 0.824. The van der Waals surface area contributed by atoms with E-state index < -0.39 is 12.0 Å². The van der Waals surface area contributed by atoms with Crippen molar-refractivity contribution in [2.24, 2.45) is 5.92 Å². The van der Waals surface area contributed by atoms with Crippen molar-refractivity contribution in [2.75, 3.05) is 26.3 Å². The Labute approximate surface area is 159 Å². The molecule has 0 spiro atoms. The van der Waals surface area contributed by atoms with Crippen molar-refractivity contribution < 1.29 is 23.8 Å². The van der Waals surface area contributed by atoms with Crippen molar-refractivity contribution in [2.45, 2.75) is 19.1 Å². The van der Waals surface area contributed by atoms with Gasteiger partial charge in [0.1, 0.15) is 11.6 Å². The fourth-order valence-electron chi connectivity index (χ4n) is 3.34. The topological polar surface area (TPSA) is 103 Å². The number of fused-ring (bicyclic) bond motifs is 1. The van der Waals surface area contributed by atoms with Gasteiger partial charge in [0.15, 0.2) is 11.5 Å². The van der Waals surface area contributed by atoms with Crippen LogP contribution in [0.4, 0.5) is 5.13 Å². The Balaban J connectivity index is 1.56. The van der Waals surface area contributed by atoms with Crippen LogP contribution in [0, 0.1) is 5.92 Å². The van der Waals surface area contributed by atoms with Crippen LogP contribution in [0.15, 0.2) is 18.2 Å². The molecule has 2 atom stereocenters. The molecular formula is C17H18N4O5S.